The van der Waals surface area contributed by atoms with E-state index in [-0.39, 0.29) is 6.61 Å². The highest BCUT2D eigenvalue weighted by Crippen LogP contribution is 2.28. The third kappa shape index (κ3) is 3.68. The quantitative estimate of drug-likeness (QED) is 0.876. The van der Waals surface area contributed by atoms with Crippen LogP contribution in [0.2, 0.25) is 0 Å². The Labute approximate surface area is 112 Å². The van der Waals surface area contributed by atoms with Gasteiger partial charge in [-0.05, 0) is 42.0 Å². The van der Waals surface area contributed by atoms with Gasteiger partial charge in [-0.3, -0.25) is 0 Å². The van der Waals surface area contributed by atoms with Crippen LogP contribution in [0.25, 0.3) is 5.57 Å². The highest BCUT2D eigenvalue weighted by Gasteiger charge is 2.12. The molecular weight excluding hydrogens is 276 g/mol. The number of aliphatic hydroxyl groups excluding tert-OH is 1. The van der Waals surface area contributed by atoms with E-state index in [1.54, 1.807) is 0 Å². The first-order chi connectivity index (χ1) is 8.29. The highest BCUT2D eigenvalue weighted by molar-refractivity contribution is 9.10. The Morgan fingerprint density at radius 2 is 1.82 bits per heavy atom. The van der Waals surface area contributed by atoms with Crippen LogP contribution in [0.1, 0.15) is 37.7 Å². The van der Waals surface area contributed by atoms with E-state index in [0.29, 0.717) is 5.92 Å². The van der Waals surface area contributed by atoms with Gasteiger partial charge in [-0.25, -0.2) is 0 Å². The van der Waals surface area contributed by atoms with Gasteiger partial charge in [-0.1, -0.05) is 53.4 Å². The number of hydrogen-bond acceptors (Lipinski definition) is 1. The Hall–Kier alpha value is -0.600. The summed E-state index contributed by atoms with van der Waals surface area (Å²) in [7, 11) is 0. The van der Waals surface area contributed by atoms with Crippen LogP contribution in [-0.4, -0.2) is 11.7 Å². The normalized spacial score (nSPS) is 18.4. The number of allylic oxidation sites excluding steroid dienone is 1. The fraction of sp³-hybridized carbons (Fsp3) is 0.467. The monoisotopic (exact) mass is 294 g/mol. The molecule has 1 N–H and O–H groups in total. The molecule has 0 bridgehead atoms. The molecule has 0 aliphatic heterocycles. The van der Waals surface area contributed by atoms with Crippen LogP contribution in [-0.2, 0) is 0 Å². The second-order valence-corrected chi connectivity index (χ2v) is 5.67. The third-order valence-electron chi connectivity index (χ3n) is 3.47. The fourth-order valence-electron chi connectivity index (χ4n) is 2.49. The maximum absolute atomic E-state index is 9.50. The van der Waals surface area contributed by atoms with Gasteiger partial charge < -0.3 is 5.11 Å². The summed E-state index contributed by atoms with van der Waals surface area (Å²) in [5, 5.41) is 9.50. The van der Waals surface area contributed by atoms with Gasteiger partial charge >= 0.3 is 0 Å². The average Bonchev–Trinajstić information content (AvgIpc) is 2.38. The summed E-state index contributed by atoms with van der Waals surface area (Å²) in [6, 6.07) is 8.18. The van der Waals surface area contributed by atoms with Crippen LogP contribution >= 0.6 is 15.9 Å². The summed E-state index contributed by atoms with van der Waals surface area (Å²) in [4.78, 5) is 0. The molecule has 1 aliphatic carbocycles. The molecular formula is C15H19BrO. The standard InChI is InChI=1S/C15H19BrO/c16-15-8-6-13(7-9-15)14(11-17)10-12-4-2-1-3-5-12/h6-10,12,17H,1-5,11H2/b14-10-. The summed E-state index contributed by atoms with van der Waals surface area (Å²) in [6.45, 7) is 0.137. The second kappa shape index (κ2) is 6.36. The van der Waals surface area contributed by atoms with E-state index < -0.39 is 0 Å². The van der Waals surface area contributed by atoms with Crippen molar-refractivity contribution >= 4 is 21.5 Å². The number of rotatable bonds is 3. The Kier molecular flexibility index (Phi) is 4.81. The van der Waals surface area contributed by atoms with Gasteiger partial charge in [0.15, 0.2) is 0 Å². The van der Waals surface area contributed by atoms with Crippen molar-refractivity contribution in [3.8, 4) is 0 Å². The van der Waals surface area contributed by atoms with E-state index in [1.165, 1.54) is 32.1 Å². The van der Waals surface area contributed by atoms with Crippen molar-refractivity contribution in [3.63, 3.8) is 0 Å². The zero-order valence-electron chi connectivity index (χ0n) is 10.0. The molecule has 1 aliphatic rings. The van der Waals surface area contributed by atoms with Crippen molar-refractivity contribution in [2.45, 2.75) is 32.1 Å². The lowest BCUT2D eigenvalue weighted by Crippen LogP contribution is -2.05. The summed E-state index contributed by atoms with van der Waals surface area (Å²) in [6.07, 6.45) is 8.87. The number of halogens is 1. The van der Waals surface area contributed by atoms with Gasteiger partial charge in [-0.2, -0.15) is 0 Å². The van der Waals surface area contributed by atoms with E-state index in [1.807, 2.05) is 12.1 Å². The van der Waals surface area contributed by atoms with Crippen molar-refractivity contribution in [1.82, 2.24) is 0 Å². The first kappa shape index (κ1) is 12.8. The molecule has 2 rings (SSSR count). The minimum Gasteiger partial charge on any atom is -0.392 e. The minimum atomic E-state index is 0.137. The molecule has 0 unspecified atom stereocenters. The van der Waals surface area contributed by atoms with Crippen molar-refractivity contribution in [1.29, 1.82) is 0 Å². The fourth-order valence-corrected chi connectivity index (χ4v) is 2.75. The Balaban J connectivity index is 2.14. The molecule has 0 aromatic heterocycles. The van der Waals surface area contributed by atoms with Crippen LogP contribution in [0.3, 0.4) is 0 Å². The van der Waals surface area contributed by atoms with E-state index in [0.717, 1.165) is 15.6 Å². The molecule has 0 heterocycles. The molecule has 1 aromatic carbocycles. The first-order valence-corrected chi connectivity index (χ1v) is 7.16. The van der Waals surface area contributed by atoms with Gasteiger partial charge in [0, 0.05) is 4.47 Å². The van der Waals surface area contributed by atoms with Crippen LogP contribution in [0.4, 0.5) is 0 Å². The molecule has 0 radical (unpaired) electrons. The van der Waals surface area contributed by atoms with Crippen LogP contribution < -0.4 is 0 Å². The summed E-state index contributed by atoms with van der Waals surface area (Å²) >= 11 is 3.43. The molecule has 1 aromatic rings. The summed E-state index contributed by atoms with van der Waals surface area (Å²) in [5.74, 6) is 0.662. The van der Waals surface area contributed by atoms with Gasteiger partial charge in [0.2, 0.25) is 0 Å². The lowest BCUT2D eigenvalue weighted by Gasteiger charge is -2.19. The van der Waals surface area contributed by atoms with Crippen LogP contribution in [0.5, 0.6) is 0 Å². The van der Waals surface area contributed by atoms with E-state index in [4.69, 9.17) is 0 Å². The van der Waals surface area contributed by atoms with E-state index in [9.17, 15) is 5.11 Å². The SMILES string of the molecule is OC/C(=C/C1CCCCC1)c1ccc(Br)cc1. The minimum absolute atomic E-state index is 0.137. The van der Waals surface area contributed by atoms with Gasteiger partial charge in [0.05, 0.1) is 6.61 Å². The van der Waals surface area contributed by atoms with Crippen molar-refractivity contribution in [3.05, 3.63) is 40.4 Å². The Morgan fingerprint density at radius 1 is 1.18 bits per heavy atom. The largest absolute Gasteiger partial charge is 0.392 e. The molecule has 1 nitrogen and oxygen atoms in total. The summed E-state index contributed by atoms with van der Waals surface area (Å²) < 4.78 is 1.08. The predicted octanol–water partition coefficient (Wildman–Crippen LogP) is 4.41. The molecule has 1 fully saturated rings. The lowest BCUT2D eigenvalue weighted by molar-refractivity contribution is 0.347. The first-order valence-electron chi connectivity index (χ1n) is 6.37. The average molecular weight is 295 g/mol. The maximum atomic E-state index is 9.50. The zero-order valence-corrected chi connectivity index (χ0v) is 11.6. The van der Waals surface area contributed by atoms with Crippen LogP contribution in [0, 0.1) is 5.92 Å². The molecule has 1 saturated carbocycles. The van der Waals surface area contributed by atoms with Crippen molar-refractivity contribution in [2.75, 3.05) is 6.61 Å². The van der Waals surface area contributed by atoms with Crippen LogP contribution in [0.15, 0.2) is 34.8 Å². The predicted molar refractivity (Wildman–Crippen MR) is 75.8 cm³/mol. The zero-order chi connectivity index (χ0) is 12.1. The molecule has 2 heteroatoms. The topological polar surface area (TPSA) is 20.2 Å². The molecule has 0 atom stereocenters. The van der Waals surface area contributed by atoms with Crippen molar-refractivity contribution < 1.29 is 5.11 Å². The lowest BCUT2D eigenvalue weighted by atomic mass is 9.87. The second-order valence-electron chi connectivity index (χ2n) is 4.76. The van der Waals surface area contributed by atoms with E-state index in [2.05, 4.69) is 34.1 Å². The van der Waals surface area contributed by atoms with Gasteiger partial charge in [-0.15, -0.1) is 0 Å². The summed E-state index contributed by atoms with van der Waals surface area (Å²) in [5.41, 5.74) is 2.21. The molecule has 0 amide bonds. The number of aliphatic hydroxyl groups is 1. The smallest absolute Gasteiger partial charge is 0.0684 e. The van der Waals surface area contributed by atoms with Gasteiger partial charge in [0.25, 0.3) is 0 Å². The molecule has 92 valence electrons. The maximum Gasteiger partial charge on any atom is 0.0684 e. The third-order valence-corrected chi connectivity index (χ3v) is 4.00. The molecule has 0 saturated heterocycles. The van der Waals surface area contributed by atoms with E-state index >= 15 is 0 Å². The molecule has 0 spiro atoms. The number of benzene rings is 1. The Bertz CT molecular complexity index is 374. The van der Waals surface area contributed by atoms with Crippen molar-refractivity contribution in [2.24, 2.45) is 5.92 Å². The molecule has 17 heavy (non-hydrogen) atoms. The number of hydrogen-bond donors (Lipinski definition) is 1. The Morgan fingerprint density at radius 3 is 2.41 bits per heavy atom. The van der Waals surface area contributed by atoms with Gasteiger partial charge in [0.1, 0.15) is 0 Å². The highest BCUT2D eigenvalue weighted by atomic mass is 79.9.